The number of hydrogen-bond acceptors (Lipinski definition) is 6. The van der Waals surface area contributed by atoms with E-state index in [4.69, 9.17) is 5.11 Å². The van der Waals surface area contributed by atoms with Crippen LogP contribution in [-0.4, -0.2) is 36.0 Å². The van der Waals surface area contributed by atoms with Crippen LogP contribution in [0.2, 0.25) is 0 Å². The van der Waals surface area contributed by atoms with Crippen LogP contribution in [0, 0.1) is 0 Å². The van der Waals surface area contributed by atoms with Gasteiger partial charge in [0.25, 0.3) is 0 Å². The highest BCUT2D eigenvalue weighted by molar-refractivity contribution is 5.96. The lowest BCUT2D eigenvalue weighted by atomic mass is 10.2. The second-order valence-electron chi connectivity index (χ2n) is 3.67. The highest BCUT2D eigenvalue weighted by atomic mass is 16.4. The van der Waals surface area contributed by atoms with Crippen LogP contribution in [0.3, 0.4) is 0 Å². The molecule has 3 aromatic heterocycles. The summed E-state index contributed by atoms with van der Waals surface area (Å²) in [5.74, 6) is -0.610. The van der Waals surface area contributed by atoms with E-state index in [9.17, 15) is 4.79 Å². The van der Waals surface area contributed by atoms with Gasteiger partial charge < -0.3 is 15.4 Å². The van der Waals surface area contributed by atoms with Crippen molar-refractivity contribution in [3.8, 4) is 0 Å². The Balaban J connectivity index is 2.06. The smallest absolute Gasteiger partial charge is 0.339 e. The van der Waals surface area contributed by atoms with Crippen molar-refractivity contribution in [3.05, 3.63) is 36.7 Å². The Kier molecular flexibility index (Phi) is 2.53. The Labute approximate surface area is 106 Å². The second-order valence-corrected chi connectivity index (χ2v) is 3.67. The molecule has 3 aromatic rings. The minimum atomic E-state index is -1.06. The highest BCUT2D eigenvalue weighted by Gasteiger charge is 2.12. The fourth-order valence-corrected chi connectivity index (χ4v) is 1.66. The van der Waals surface area contributed by atoms with Crippen molar-refractivity contribution < 1.29 is 9.90 Å². The van der Waals surface area contributed by atoms with E-state index in [1.165, 1.54) is 25.0 Å². The minimum absolute atomic E-state index is 0.0637. The SMILES string of the molecule is O=C(O)c1cnccc1Nc1ncnc2nc[nH]c12. The number of carbonyl (C=O) groups is 1. The summed E-state index contributed by atoms with van der Waals surface area (Å²) in [5, 5.41) is 12.0. The van der Waals surface area contributed by atoms with Crippen molar-refractivity contribution in [2.24, 2.45) is 0 Å². The van der Waals surface area contributed by atoms with E-state index in [1.54, 1.807) is 6.07 Å². The molecule has 0 fully saturated rings. The summed E-state index contributed by atoms with van der Waals surface area (Å²) in [4.78, 5) is 29.8. The van der Waals surface area contributed by atoms with Gasteiger partial charge in [-0.2, -0.15) is 0 Å². The van der Waals surface area contributed by atoms with E-state index in [-0.39, 0.29) is 5.56 Å². The first kappa shape index (κ1) is 11.1. The van der Waals surface area contributed by atoms with Crippen molar-refractivity contribution >= 4 is 28.6 Å². The molecule has 0 aliphatic rings. The van der Waals surface area contributed by atoms with E-state index in [2.05, 4.69) is 30.2 Å². The fraction of sp³-hybridized carbons (Fsp3) is 0. The van der Waals surface area contributed by atoms with E-state index >= 15 is 0 Å². The van der Waals surface area contributed by atoms with Gasteiger partial charge in [0.1, 0.15) is 17.4 Å². The number of pyridine rings is 1. The zero-order valence-electron chi connectivity index (χ0n) is 9.53. The van der Waals surface area contributed by atoms with Gasteiger partial charge in [0.05, 0.1) is 12.0 Å². The number of hydrogen-bond donors (Lipinski definition) is 3. The largest absolute Gasteiger partial charge is 0.478 e. The standard InChI is InChI=1S/C11H8N6O2/c18-11(19)6-3-12-2-1-7(6)17-10-8-9(14-4-13-8)15-5-16-10/h1-5H,(H,18,19)(H2,12,13,14,15,16,17). The number of imidazole rings is 1. The summed E-state index contributed by atoms with van der Waals surface area (Å²) in [7, 11) is 0. The van der Waals surface area contributed by atoms with Crippen LogP contribution in [-0.2, 0) is 0 Å². The molecule has 0 unspecified atom stereocenters. The number of carboxylic acid groups (broad SMARTS) is 1. The molecule has 8 nitrogen and oxygen atoms in total. The monoisotopic (exact) mass is 256 g/mol. The van der Waals surface area contributed by atoms with Gasteiger partial charge in [-0.1, -0.05) is 0 Å². The molecule has 0 amide bonds. The maximum atomic E-state index is 11.1. The summed E-state index contributed by atoms with van der Waals surface area (Å²) >= 11 is 0. The third-order valence-corrected chi connectivity index (χ3v) is 2.53. The summed E-state index contributed by atoms with van der Waals surface area (Å²) in [6.07, 6.45) is 5.62. The molecular weight excluding hydrogens is 248 g/mol. The number of nitrogens with one attached hydrogen (secondary N) is 2. The number of aromatic amines is 1. The van der Waals surface area contributed by atoms with Crippen LogP contribution in [0.15, 0.2) is 31.1 Å². The molecular formula is C11H8N6O2. The number of carboxylic acids is 1. The maximum Gasteiger partial charge on any atom is 0.339 e. The molecule has 3 heterocycles. The average Bonchev–Trinajstić information content (AvgIpc) is 2.88. The lowest BCUT2D eigenvalue weighted by Gasteiger charge is -2.08. The second kappa shape index (κ2) is 4.33. The Hall–Kier alpha value is -3.03. The van der Waals surface area contributed by atoms with Gasteiger partial charge in [-0.25, -0.2) is 19.7 Å². The predicted octanol–water partition coefficient (Wildman–Crippen LogP) is 1.19. The molecule has 3 N–H and O–H groups in total. The van der Waals surface area contributed by atoms with Crippen LogP contribution in [0.4, 0.5) is 11.5 Å². The molecule has 0 spiro atoms. The summed E-state index contributed by atoms with van der Waals surface area (Å²) in [6, 6.07) is 1.56. The lowest BCUT2D eigenvalue weighted by molar-refractivity contribution is 0.0697. The Morgan fingerprint density at radius 2 is 2.21 bits per heavy atom. The van der Waals surface area contributed by atoms with Crippen LogP contribution >= 0.6 is 0 Å². The molecule has 0 aliphatic heterocycles. The quantitative estimate of drug-likeness (QED) is 0.644. The first-order chi connectivity index (χ1) is 9.25. The Morgan fingerprint density at radius 3 is 3.05 bits per heavy atom. The molecule has 0 saturated carbocycles. The molecule has 3 rings (SSSR count). The van der Waals surface area contributed by atoms with Gasteiger partial charge in [0, 0.05) is 12.4 Å². The van der Waals surface area contributed by atoms with Gasteiger partial charge in [-0.05, 0) is 6.07 Å². The van der Waals surface area contributed by atoms with Gasteiger partial charge in [0.15, 0.2) is 11.5 Å². The van der Waals surface area contributed by atoms with Crippen molar-refractivity contribution in [1.29, 1.82) is 0 Å². The first-order valence-corrected chi connectivity index (χ1v) is 5.34. The maximum absolute atomic E-state index is 11.1. The number of rotatable bonds is 3. The van der Waals surface area contributed by atoms with Crippen LogP contribution in [0.25, 0.3) is 11.2 Å². The first-order valence-electron chi connectivity index (χ1n) is 5.34. The molecule has 94 valence electrons. The van der Waals surface area contributed by atoms with E-state index in [0.29, 0.717) is 22.7 Å². The summed E-state index contributed by atoms with van der Waals surface area (Å²) in [6.45, 7) is 0. The van der Waals surface area contributed by atoms with Crippen molar-refractivity contribution in [2.75, 3.05) is 5.32 Å². The van der Waals surface area contributed by atoms with Crippen molar-refractivity contribution in [2.45, 2.75) is 0 Å². The van der Waals surface area contributed by atoms with Crippen molar-refractivity contribution in [1.82, 2.24) is 24.9 Å². The van der Waals surface area contributed by atoms with Gasteiger partial charge in [-0.15, -0.1) is 0 Å². The average molecular weight is 256 g/mol. The third-order valence-electron chi connectivity index (χ3n) is 2.53. The van der Waals surface area contributed by atoms with E-state index in [0.717, 1.165) is 0 Å². The lowest BCUT2D eigenvalue weighted by Crippen LogP contribution is -2.04. The molecule has 8 heteroatoms. The normalized spacial score (nSPS) is 10.5. The number of anilines is 2. The van der Waals surface area contributed by atoms with Gasteiger partial charge in [-0.3, -0.25) is 4.98 Å². The van der Waals surface area contributed by atoms with Gasteiger partial charge >= 0.3 is 5.97 Å². The number of nitrogens with zero attached hydrogens (tertiary/aromatic N) is 4. The number of aromatic nitrogens is 5. The molecule has 0 aliphatic carbocycles. The van der Waals surface area contributed by atoms with E-state index in [1.807, 2.05) is 0 Å². The fourth-order valence-electron chi connectivity index (χ4n) is 1.66. The number of aromatic carboxylic acids is 1. The third kappa shape index (κ3) is 1.95. The molecule has 0 aromatic carbocycles. The summed E-state index contributed by atoms with van der Waals surface area (Å²) < 4.78 is 0. The minimum Gasteiger partial charge on any atom is -0.478 e. The van der Waals surface area contributed by atoms with Gasteiger partial charge in [0.2, 0.25) is 0 Å². The molecule has 0 atom stereocenters. The van der Waals surface area contributed by atoms with Crippen LogP contribution in [0.1, 0.15) is 10.4 Å². The Bertz CT molecular complexity index is 754. The molecule has 0 bridgehead atoms. The highest BCUT2D eigenvalue weighted by Crippen LogP contribution is 2.22. The van der Waals surface area contributed by atoms with Crippen LogP contribution < -0.4 is 5.32 Å². The predicted molar refractivity (Wildman–Crippen MR) is 66.2 cm³/mol. The Morgan fingerprint density at radius 1 is 1.32 bits per heavy atom. The summed E-state index contributed by atoms with van der Waals surface area (Å²) in [5.41, 5.74) is 1.57. The topological polar surface area (TPSA) is 117 Å². The molecule has 19 heavy (non-hydrogen) atoms. The molecule has 0 radical (unpaired) electrons. The van der Waals surface area contributed by atoms with Crippen molar-refractivity contribution in [3.63, 3.8) is 0 Å². The molecule has 0 saturated heterocycles. The van der Waals surface area contributed by atoms with Crippen LogP contribution in [0.5, 0.6) is 0 Å². The number of H-pyrrole nitrogens is 1. The van der Waals surface area contributed by atoms with E-state index < -0.39 is 5.97 Å². The number of fused-ring (bicyclic) bond motifs is 1. The zero-order chi connectivity index (χ0) is 13.2. The zero-order valence-corrected chi connectivity index (χ0v) is 9.53.